The Morgan fingerprint density at radius 3 is 2.42 bits per heavy atom. The van der Waals surface area contributed by atoms with E-state index in [-0.39, 0.29) is 6.61 Å². The Morgan fingerprint density at radius 2 is 2.00 bits per heavy atom. The van der Waals surface area contributed by atoms with E-state index in [4.69, 9.17) is 21.4 Å². The van der Waals surface area contributed by atoms with Crippen LogP contribution in [-0.2, 0) is 10.3 Å². The number of epoxide rings is 1. The first-order valence-electron chi connectivity index (χ1n) is 3.78. The predicted octanol–water partition coefficient (Wildman–Crippen LogP) is 1.56. The molecule has 1 aliphatic heterocycles. The van der Waals surface area contributed by atoms with E-state index >= 15 is 0 Å². The number of halogens is 1. The van der Waals surface area contributed by atoms with Crippen LogP contribution < -0.4 is 0 Å². The van der Waals surface area contributed by atoms with Crippen molar-refractivity contribution in [1.82, 2.24) is 0 Å². The summed E-state index contributed by atoms with van der Waals surface area (Å²) in [6, 6.07) is 7.36. The van der Waals surface area contributed by atoms with E-state index in [1.54, 1.807) is 12.1 Å². The Morgan fingerprint density at radius 1 is 1.42 bits per heavy atom. The van der Waals surface area contributed by atoms with Crippen molar-refractivity contribution >= 4 is 11.6 Å². The normalized spacial score (nSPS) is 27.2. The van der Waals surface area contributed by atoms with Crippen molar-refractivity contribution < 1.29 is 9.84 Å². The molecule has 1 atom stereocenters. The van der Waals surface area contributed by atoms with Crippen molar-refractivity contribution in [3.05, 3.63) is 34.9 Å². The van der Waals surface area contributed by atoms with Crippen molar-refractivity contribution in [3.8, 4) is 0 Å². The van der Waals surface area contributed by atoms with Gasteiger partial charge in [-0.15, -0.1) is 0 Å². The quantitative estimate of drug-likeness (QED) is 0.708. The van der Waals surface area contributed by atoms with Crippen LogP contribution in [0.5, 0.6) is 0 Å². The molecule has 0 aliphatic carbocycles. The van der Waals surface area contributed by atoms with Crippen LogP contribution >= 0.6 is 11.6 Å². The molecular weight excluding hydrogens is 176 g/mol. The molecule has 1 aromatic carbocycles. The average molecular weight is 185 g/mol. The fourth-order valence-corrected chi connectivity index (χ4v) is 1.32. The van der Waals surface area contributed by atoms with Gasteiger partial charge in [0.15, 0.2) is 0 Å². The number of ether oxygens (including phenoxy) is 1. The molecule has 0 bridgehead atoms. The number of aliphatic hydroxyl groups is 1. The third-order valence-corrected chi connectivity index (χ3v) is 2.37. The van der Waals surface area contributed by atoms with E-state index in [2.05, 4.69) is 0 Å². The fourth-order valence-electron chi connectivity index (χ4n) is 1.19. The first kappa shape index (κ1) is 8.05. The monoisotopic (exact) mass is 184 g/mol. The van der Waals surface area contributed by atoms with Crippen LogP contribution in [0.3, 0.4) is 0 Å². The van der Waals surface area contributed by atoms with Gasteiger partial charge in [0.05, 0.1) is 13.2 Å². The second-order valence-electron chi connectivity index (χ2n) is 2.95. The van der Waals surface area contributed by atoms with Gasteiger partial charge >= 0.3 is 0 Å². The first-order chi connectivity index (χ1) is 5.77. The molecule has 2 nitrogen and oxygen atoms in total. The van der Waals surface area contributed by atoms with E-state index in [9.17, 15) is 0 Å². The van der Waals surface area contributed by atoms with E-state index in [0.717, 1.165) is 5.56 Å². The van der Waals surface area contributed by atoms with E-state index in [1.807, 2.05) is 12.1 Å². The van der Waals surface area contributed by atoms with Gasteiger partial charge in [-0.25, -0.2) is 0 Å². The highest BCUT2D eigenvalue weighted by molar-refractivity contribution is 6.30. The third-order valence-electron chi connectivity index (χ3n) is 2.12. The molecule has 1 fully saturated rings. The lowest BCUT2D eigenvalue weighted by atomic mass is 10.0. The summed E-state index contributed by atoms with van der Waals surface area (Å²) in [5.74, 6) is 0. The van der Waals surface area contributed by atoms with Gasteiger partial charge in [-0.3, -0.25) is 0 Å². The van der Waals surface area contributed by atoms with Crippen molar-refractivity contribution in [2.24, 2.45) is 0 Å². The van der Waals surface area contributed by atoms with Crippen molar-refractivity contribution in [1.29, 1.82) is 0 Å². The Bertz CT molecular complexity index is 277. The van der Waals surface area contributed by atoms with Gasteiger partial charge in [0, 0.05) is 5.02 Å². The lowest BCUT2D eigenvalue weighted by molar-refractivity contribution is 0.173. The molecule has 1 N–H and O–H groups in total. The molecule has 1 aromatic rings. The second kappa shape index (κ2) is 2.73. The highest BCUT2D eigenvalue weighted by Crippen LogP contribution is 2.38. The zero-order valence-electron chi connectivity index (χ0n) is 6.46. The summed E-state index contributed by atoms with van der Waals surface area (Å²) in [5, 5.41) is 9.72. The van der Waals surface area contributed by atoms with Gasteiger partial charge in [-0.05, 0) is 17.7 Å². The number of hydrogen-bond acceptors (Lipinski definition) is 2. The lowest BCUT2D eigenvalue weighted by Crippen LogP contribution is -2.13. The Hall–Kier alpha value is -0.570. The molecule has 0 aromatic heterocycles. The Labute approximate surface area is 75.7 Å². The van der Waals surface area contributed by atoms with E-state index in [0.29, 0.717) is 11.6 Å². The van der Waals surface area contributed by atoms with Crippen molar-refractivity contribution in [2.75, 3.05) is 13.2 Å². The SMILES string of the molecule is OC[C@]1(c2ccc(Cl)cc2)CO1. The molecular formula is C9H9ClO2. The fraction of sp³-hybridized carbons (Fsp3) is 0.333. The lowest BCUT2D eigenvalue weighted by Gasteiger charge is -2.07. The van der Waals surface area contributed by atoms with Crippen LogP contribution in [0.1, 0.15) is 5.56 Å². The van der Waals surface area contributed by atoms with Crippen LogP contribution in [0.25, 0.3) is 0 Å². The molecule has 1 saturated heterocycles. The molecule has 64 valence electrons. The minimum Gasteiger partial charge on any atom is -0.393 e. The Balaban J connectivity index is 2.29. The second-order valence-corrected chi connectivity index (χ2v) is 3.38. The Kier molecular flexibility index (Phi) is 1.83. The van der Waals surface area contributed by atoms with Crippen LogP contribution in [0.2, 0.25) is 5.02 Å². The summed E-state index contributed by atoms with van der Waals surface area (Å²) in [5.41, 5.74) is 0.569. The van der Waals surface area contributed by atoms with Gasteiger partial charge in [0.2, 0.25) is 0 Å². The summed E-state index contributed by atoms with van der Waals surface area (Å²) in [7, 11) is 0. The zero-order chi connectivity index (χ0) is 8.60. The summed E-state index contributed by atoms with van der Waals surface area (Å²) in [6.07, 6.45) is 0. The zero-order valence-corrected chi connectivity index (χ0v) is 7.21. The van der Waals surface area contributed by atoms with Gasteiger partial charge in [-0.2, -0.15) is 0 Å². The standard InChI is InChI=1S/C9H9ClO2/c10-8-3-1-7(2-4-8)9(5-11)6-12-9/h1-4,11H,5-6H2/t9-/m1/s1. The van der Waals surface area contributed by atoms with Crippen LogP contribution in [0, 0.1) is 0 Å². The summed E-state index contributed by atoms with van der Waals surface area (Å²) >= 11 is 5.72. The van der Waals surface area contributed by atoms with Crippen molar-refractivity contribution in [3.63, 3.8) is 0 Å². The van der Waals surface area contributed by atoms with E-state index in [1.165, 1.54) is 0 Å². The predicted molar refractivity (Wildman–Crippen MR) is 46.2 cm³/mol. The van der Waals surface area contributed by atoms with Crippen molar-refractivity contribution in [2.45, 2.75) is 5.60 Å². The smallest absolute Gasteiger partial charge is 0.139 e. The molecule has 0 amide bonds. The van der Waals surface area contributed by atoms with Crippen LogP contribution in [0.15, 0.2) is 24.3 Å². The topological polar surface area (TPSA) is 32.8 Å². The largest absolute Gasteiger partial charge is 0.393 e. The summed E-state index contributed by atoms with van der Waals surface area (Å²) in [6.45, 7) is 0.639. The molecule has 2 rings (SSSR count). The van der Waals surface area contributed by atoms with Crippen LogP contribution in [0.4, 0.5) is 0 Å². The van der Waals surface area contributed by atoms with Crippen LogP contribution in [-0.4, -0.2) is 18.3 Å². The highest BCUT2D eigenvalue weighted by atomic mass is 35.5. The molecule has 0 radical (unpaired) electrons. The average Bonchev–Trinajstić information content (AvgIpc) is 2.86. The molecule has 3 heteroatoms. The molecule has 1 heterocycles. The minimum absolute atomic E-state index is 0.0363. The van der Waals surface area contributed by atoms with Gasteiger partial charge < -0.3 is 9.84 Å². The third kappa shape index (κ3) is 1.22. The maximum atomic E-state index is 9.02. The number of rotatable bonds is 2. The summed E-state index contributed by atoms with van der Waals surface area (Å²) < 4.78 is 5.18. The molecule has 0 unspecified atom stereocenters. The van der Waals surface area contributed by atoms with Gasteiger partial charge in [0.25, 0.3) is 0 Å². The molecule has 1 aliphatic rings. The molecule has 0 spiro atoms. The number of hydrogen-bond donors (Lipinski definition) is 1. The van der Waals surface area contributed by atoms with Gasteiger partial charge in [-0.1, -0.05) is 23.7 Å². The van der Waals surface area contributed by atoms with Gasteiger partial charge in [0.1, 0.15) is 5.60 Å². The number of aliphatic hydroxyl groups excluding tert-OH is 1. The highest BCUT2D eigenvalue weighted by Gasteiger charge is 2.45. The van der Waals surface area contributed by atoms with E-state index < -0.39 is 5.60 Å². The number of benzene rings is 1. The maximum Gasteiger partial charge on any atom is 0.139 e. The molecule has 0 saturated carbocycles. The summed E-state index contributed by atoms with van der Waals surface area (Å²) in [4.78, 5) is 0. The first-order valence-corrected chi connectivity index (χ1v) is 4.15. The maximum absolute atomic E-state index is 9.02. The molecule has 12 heavy (non-hydrogen) atoms. The minimum atomic E-state index is -0.426.